The minimum atomic E-state index is -0.779. The number of nitro groups is 1. The molecule has 3 heterocycles. The summed E-state index contributed by atoms with van der Waals surface area (Å²) >= 11 is 15.7. The number of nitro benzene ring substituents is 1. The van der Waals surface area contributed by atoms with Crippen molar-refractivity contribution in [1.29, 1.82) is 0 Å². The summed E-state index contributed by atoms with van der Waals surface area (Å²) in [5.74, 6) is -0.278. The second kappa shape index (κ2) is 9.04. The van der Waals surface area contributed by atoms with Gasteiger partial charge in [0.2, 0.25) is 11.0 Å². The van der Waals surface area contributed by atoms with Gasteiger partial charge in [0.25, 0.3) is 5.69 Å². The molecule has 1 saturated heterocycles. The van der Waals surface area contributed by atoms with E-state index in [1.54, 1.807) is 23.9 Å². The Balaban J connectivity index is 1.30. The number of fused-ring (bicyclic) bond motifs is 2. The number of non-ortho nitro benzene ring substituents is 1. The Morgan fingerprint density at radius 1 is 1.00 bits per heavy atom. The zero-order valence-electron chi connectivity index (χ0n) is 18.2. The molecule has 180 valence electrons. The fourth-order valence-corrected chi connectivity index (χ4v) is 6.77. The molecule has 2 unspecified atom stereocenters. The minimum Gasteiger partial charge on any atom is -0.333 e. The van der Waals surface area contributed by atoms with Crippen molar-refractivity contribution >= 4 is 74.4 Å². The van der Waals surface area contributed by atoms with Gasteiger partial charge in [0, 0.05) is 26.9 Å². The summed E-state index contributed by atoms with van der Waals surface area (Å²) in [5.41, 5.74) is 2.69. The van der Waals surface area contributed by atoms with Crippen LogP contribution in [0.3, 0.4) is 0 Å². The number of halogens is 2. The average molecular weight is 556 g/mol. The van der Waals surface area contributed by atoms with Crippen LogP contribution in [0, 0.1) is 10.1 Å². The summed E-state index contributed by atoms with van der Waals surface area (Å²) in [6.07, 6.45) is 0. The molecule has 3 aromatic carbocycles. The quantitative estimate of drug-likeness (QED) is 0.118. The monoisotopic (exact) mass is 555 g/mol. The number of benzene rings is 3. The van der Waals surface area contributed by atoms with Gasteiger partial charge in [-0.15, -0.1) is 21.8 Å². The third-order valence-electron chi connectivity index (χ3n) is 6.02. The van der Waals surface area contributed by atoms with Gasteiger partial charge in [-0.3, -0.25) is 19.8 Å². The number of rotatable bonds is 5. The molecule has 36 heavy (non-hydrogen) atoms. The van der Waals surface area contributed by atoms with Gasteiger partial charge in [-0.1, -0.05) is 59.0 Å². The number of nitrogens with zero attached hydrogens (tertiary/aromatic N) is 5. The van der Waals surface area contributed by atoms with Gasteiger partial charge in [-0.05, 0) is 35.9 Å². The third-order valence-corrected chi connectivity index (χ3v) is 8.72. The van der Waals surface area contributed by atoms with Crippen molar-refractivity contribution in [2.45, 2.75) is 27.8 Å². The maximum Gasteiger partial charge on any atom is 0.269 e. The van der Waals surface area contributed by atoms with Crippen LogP contribution in [0.25, 0.3) is 0 Å². The van der Waals surface area contributed by atoms with E-state index in [9.17, 15) is 14.9 Å². The summed E-state index contributed by atoms with van der Waals surface area (Å²) < 4.78 is 0. The number of hydrogen-bond donors (Lipinski definition) is 0. The van der Waals surface area contributed by atoms with Crippen LogP contribution < -0.4 is 9.80 Å². The number of alkyl halides is 1. The summed E-state index contributed by atoms with van der Waals surface area (Å²) in [4.78, 5) is 29.1. The lowest BCUT2D eigenvalue weighted by Gasteiger charge is -2.42. The second-order valence-corrected chi connectivity index (χ2v) is 11.2. The number of anilines is 3. The highest BCUT2D eigenvalue weighted by Gasteiger charge is 2.49. The van der Waals surface area contributed by atoms with E-state index in [1.165, 1.54) is 28.4 Å². The first-order valence-corrected chi connectivity index (χ1v) is 13.2. The molecule has 0 bridgehead atoms. The molecule has 0 aliphatic carbocycles. The van der Waals surface area contributed by atoms with Gasteiger partial charge in [-0.25, -0.2) is 0 Å². The van der Waals surface area contributed by atoms with Gasteiger partial charge in [0.1, 0.15) is 10.4 Å². The lowest BCUT2D eigenvalue weighted by molar-refractivity contribution is -0.384. The Morgan fingerprint density at radius 3 is 2.53 bits per heavy atom. The normalized spacial score (nSPS) is 18.4. The molecule has 2 aliphatic heterocycles. The largest absolute Gasteiger partial charge is 0.333 e. The van der Waals surface area contributed by atoms with Gasteiger partial charge >= 0.3 is 0 Å². The topological polar surface area (TPSA) is 92.5 Å². The average Bonchev–Trinajstić information content (AvgIpc) is 3.34. The lowest BCUT2D eigenvalue weighted by atomic mass is 9.94. The van der Waals surface area contributed by atoms with Crippen LogP contribution in [0.15, 0.2) is 76.5 Å². The number of carbonyl (C=O) groups excluding carboxylic acids is 1. The molecule has 1 fully saturated rings. The number of aromatic nitrogens is 2. The van der Waals surface area contributed by atoms with Gasteiger partial charge in [0.05, 0.1) is 28.9 Å². The standard InChI is InChI=1S/C24H15Cl2N5O3S2/c25-14-7-10-19-17(11-14)29(16-3-1-2-4-18(16)35-19)12-20-27-28-24(36-20)30-22(21(26)23(30)32)13-5-8-15(9-6-13)31(33)34/h1-11,21-22H,12H2. The van der Waals surface area contributed by atoms with E-state index in [4.69, 9.17) is 23.2 Å². The van der Waals surface area contributed by atoms with E-state index < -0.39 is 16.3 Å². The van der Waals surface area contributed by atoms with E-state index in [1.807, 2.05) is 30.3 Å². The van der Waals surface area contributed by atoms with Crippen LogP contribution in [-0.2, 0) is 11.3 Å². The van der Waals surface area contributed by atoms with E-state index in [0.717, 1.165) is 21.2 Å². The number of amides is 1. The molecular formula is C24H15Cl2N5O3S2. The summed E-state index contributed by atoms with van der Waals surface area (Å²) in [5, 5.41) is 20.7. The summed E-state index contributed by atoms with van der Waals surface area (Å²) in [6, 6.07) is 19.5. The smallest absolute Gasteiger partial charge is 0.269 e. The zero-order valence-corrected chi connectivity index (χ0v) is 21.4. The maximum atomic E-state index is 12.7. The van der Waals surface area contributed by atoms with E-state index in [2.05, 4.69) is 27.2 Å². The van der Waals surface area contributed by atoms with Crippen LogP contribution in [-0.4, -0.2) is 26.4 Å². The first-order valence-electron chi connectivity index (χ1n) is 10.8. The highest BCUT2D eigenvalue weighted by Crippen LogP contribution is 2.50. The molecular weight excluding hydrogens is 541 g/mol. The van der Waals surface area contributed by atoms with Crippen molar-refractivity contribution in [2.24, 2.45) is 0 Å². The molecule has 0 saturated carbocycles. The van der Waals surface area contributed by atoms with Crippen molar-refractivity contribution in [3.63, 3.8) is 0 Å². The second-order valence-electron chi connectivity index (χ2n) is 8.15. The van der Waals surface area contributed by atoms with Gasteiger partial charge in [-0.2, -0.15) is 0 Å². The number of β-lactam (4-membered cyclic amide) rings is 1. The number of carbonyl (C=O) groups is 1. The fraction of sp³-hybridized carbons (Fsp3) is 0.125. The predicted octanol–water partition coefficient (Wildman–Crippen LogP) is 6.60. The maximum absolute atomic E-state index is 12.7. The van der Waals surface area contributed by atoms with Crippen LogP contribution in [0.1, 0.15) is 16.6 Å². The lowest BCUT2D eigenvalue weighted by Crippen LogP contribution is -2.56. The van der Waals surface area contributed by atoms with E-state index in [-0.39, 0.29) is 11.6 Å². The molecule has 2 atom stereocenters. The molecule has 1 aromatic heterocycles. The van der Waals surface area contributed by atoms with Crippen LogP contribution >= 0.6 is 46.3 Å². The molecule has 12 heteroatoms. The van der Waals surface area contributed by atoms with Crippen molar-refractivity contribution < 1.29 is 9.72 Å². The Hall–Kier alpha value is -3.18. The van der Waals surface area contributed by atoms with E-state index in [0.29, 0.717) is 27.3 Å². The highest BCUT2D eigenvalue weighted by atomic mass is 35.5. The van der Waals surface area contributed by atoms with Crippen molar-refractivity contribution in [3.8, 4) is 0 Å². The Bertz CT molecular complexity index is 1510. The highest BCUT2D eigenvalue weighted by molar-refractivity contribution is 7.99. The first-order chi connectivity index (χ1) is 17.4. The molecule has 1 amide bonds. The van der Waals surface area contributed by atoms with Crippen molar-refractivity contribution in [1.82, 2.24) is 10.2 Å². The molecule has 2 aliphatic rings. The van der Waals surface area contributed by atoms with Gasteiger partial charge in [0.15, 0.2) is 0 Å². The molecule has 0 radical (unpaired) electrons. The minimum absolute atomic E-state index is 0.0272. The molecule has 4 aromatic rings. The summed E-state index contributed by atoms with van der Waals surface area (Å²) in [6.45, 7) is 0.442. The third kappa shape index (κ3) is 3.90. The van der Waals surface area contributed by atoms with Gasteiger partial charge < -0.3 is 4.90 Å². The number of para-hydroxylation sites is 1. The zero-order chi connectivity index (χ0) is 25.0. The Morgan fingerprint density at radius 2 is 1.75 bits per heavy atom. The van der Waals surface area contributed by atoms with Crippen LogP contribution in [0.2, 0.25) is 5.02 Å². The molecule has 0 spiro atoms. The fourth-order valence-electron chi connectivity index (χ4n) is 4.29. The predicted molar refractivity (Wildman–Crippen MR) is 141 cm³/mol. The molecule has 8 nitrogen and oxygen atoms in total. The van der Waals surface area contributed by atoms with Crippen molar-refractivity contribution in [2.75, 3.05) is 9.80 Å². The van der Waals surface area contributed by atoms with Crippen LogP contribution in [0.5, 0.6) is 0 Å². The molecule has 0 N–H and O–H groups in total. The number of hydrogen-bond acceptors (Lipinski definition) is 8. The van der Waals surface area contributed by atoms with E-state index >= 15 is 0 Å². The summed E-state index contributed by atoms with van der Waals surface area (Å²) in [7, 11) is 0. The molecule has 6 rings (SSSR count). The Labute approximate surface area is 223 Å². The SMILES string of the molecule is O=C1C(Cl)C(c2ccc([N+](=O)[O-])cc2)N1c1nnc(CN2c3ccccc3Sc3ccc(Cl)cc32)s1. The first kappa shape index (κ1) is 23.2. The Kier molecular flexibility index (Phi) is 5.83. The van der Waals surface area contributed by atoms with Crippen molar-refractivity contribution in [3.05, 3.63) is 92.4 Å². The van der Waals surface area contributed by atoms with Crippen LogP contribution in [0.4, 0.5) is 22.2 Å².